The van der Waals surface area contributed by atoms with E-state index in [4.69, 9.17) is 0 Å². The monoisotopic (exact) mass is 392 g/mol. The number of hydrogen-bond acceptors (Lipinski definition) is 3. The van der Waals surface area contributed by atoms with Crippen LogP contribution in [-0.2, 0) is 11.3 Å². The summed E-state index contributed by atoms with van der Waals surface area (Å²) in [7, 11) is 0. The Morgan fingerprint density at radius 1 is 1.03 bits per heavy atom. The lowest BCUT2D eigenvalue weighted by Gasteiger charge is -2.31. The minimum Gasteiger partial charge on any atom is -0.308 e. The maximum atomic E-state index is 12.3. The number of urea groups is 2. The van der Waals surface area contributed by atoms with Crippen LogP contribution in [-0.4, -0.2) is 28.4 Å². The summed E-state index contributed by atoms with van der Waals surface area (Å²) >= 11 is 0. The van der Waals surface area contributed by atoms with Crippen molar-refractivity contribution >= 4 is 29.3 Å². The van der Waals surface area contributed by atoms with E-state index in [1.165, 1.54) is 0 Å². The van der Waals surface area contributed by atoms with Crippen LogP contribution in [0, 0.1) is 6.92 Å². The molecular formula is C22H24N4O3. The number of carbonyl (C=O) groups is 3. The van der Waals surface area contributed by atoms with E-state index < -0.39 is 5.54 Å². The number of nitrogens with one attached hydrogen (secondary N) is 3. The van der Waals surface area contributed by atoms with E-state index >= 15 is 0 Å². The highest BCUT2D eigenvalue weighted by atomic mass is 16.2. The van der Waals surface area contributed by atoms with Gasteiger partial charge in [0.2, 0.25) is 0 Å². The summed E-state index contributed by atoms with van der Waals surface area (Å²) in [6.45, 7) is 2.30. The van der Waals surface area contributed by atoms with Crippen molar-refractivity contribution in [2.24, 2.45) is 0 Å². The number of carbonyl (C=O) groups excluding carboxylic acids is 3. The van der Waals surface area contributed by atoms with Crippen molar-refractivity contribution in [3.05, 3.63) is 59.7 Å². The Labute approximate surface area is 169 Å². The van der Waals surface area contributed by atoms with E-state index in [1.807, 2.05) is 43.3 Å². The highest BCUT2D eigenvalue weighted by molar-refractivity contribution is 6.07. The molecular weight excluding hydrogens is 368 g/mol. The normalized spacial score (nSPS) is 17.5. The molecule has 4 rings (SSSR count). The van der Waals surface area contributed by atoms with Gasteiger partial charge in [-0.05, 0) is 49.1 Å². The van der Waals surface area contributed by atoms with E-state index in [9.17, 15) is 14.4 Å². The van der Waals surface area contributed by atoms with Gasteiger partial charge in [0, 0.05) is 17.9 Å². The third kappa shape index (κ3) is 3.68. The molecule has 3 N–H and O–H groups in total. The number of benzene rings is 2. The van der Waals surface area contributed by atoms with Gasteiger partial charge in [0.1, 0.15) is 5.54 Å². The molecule has 1 saturated carbocycles. The molecule has 2 aliphatic rings. The molecule has 0 bridgehead atoms. The molecule has 7 heteroatoms. The number of amides is 5. The van der Waals surface area contributed by atoms with Crippen LogP contribution in [0.5, 0.6) is 0 Å². The number of anilines is 2. The number of rotatable bonds is 4. The van der Waals surface area contributed by atoms with Gasteiger partial charge in [-0.15, -0.1) is 0 Å². The largest absolute Gasteiger partial charge is 0.325 e. The van der Waals surface area contributed by atoms with E-state index in [0.29, 0.717) is 25.1 Å². The van der Waals surface area contributed by atoms with Gasteiger partial charge in [-0.2, -0.15) is 0 Å². The summed E-state index contributed by atoms with van der Waals surface area (Å²) in [5, 5.41) is 8.10. The molecule has 0 aromatic heterocycles. The second kappa shape index (κ2) is 7.58. The topological polar surface area (TPSA) is 90.5 Å². The van der Waals surface area contributed by atoms with Gasteiger partial charge in [0.25, 0.3) is 5.91 Å². The standard InChI is InChI=1S/C22H24N4O3/c1-15-6-2-3-7-18(15)24-20(28)23-17-10-8-16(9-11-17)14-26-21(29)25-19(27)22(26)12-4-5-13-22/h2-3,6-11H,4-5,12-14H2,1H3,(H2,23,24,28)(H,25,27,29). The lowest BCUT2D eigenvalue weighted by Crippen LogP contribution is -2.46. The van der Waals surface area contributed by atoms with Crippen LogP contribution in [0.1, 0.15) is 36.8 Å². The van der Waals surface area contributed by atoms with Crippen molar-refractivity contribution < 1.29 is 14.4 Å². The first-order chi connectivity index (χ1) is 14.0. The first-order valence-electron chi connectivity index (χ1n) is 9.84. The van der Waals surface area contributed by atoms with Crippen molar-refractivity contribution in [2.75, 3.05) is 10.6 Å². The van der Waals surface area contributed by atoms with E-state index in [1.54, 1.807) is 17.0 Å². The van der Waals surface area contributed by atoms with Gasteiger partial charge in [0.15, 0.2) is 0 Å². The molecule has 0 atom stereocenters. The van der Waals surface area contributed by atoms with Crippen LogP contribution in [0.3, 0.4) is 0 Å². The fourth-order valence-electron chi connectivity index (χ4n) is 4.15. The molecule has 0 unspecified atom stereocenters. The average Bonchev–Trinajstić information content (AvgIpc) is 3.27. The Hall–Kier alpha value is -3.35. The average molecular weight is 392 g/mol. The molecule has 1 aliphatic carbocycles. The quantitative estimate of drug-likeness (QED) is 0.687. The predicted octanol–water partition coefficient (Wildman–Crippen LogP) is 4.00. The third-order valence-corrected chi connectivity index (χ3v) is 5.78. The van der Waals surface area contributed by atoms with Gasteiger partial charge in [-0.3, -0.25) is 10.1 Å². The Kier molecular flexibility index (Phi) is 4.96. The summed E-state index contributed by atoms with van der Waals surface area (Å²) < 4.78 is 0. The minimum atomic E-state index is -0.693. The van der Waals surface area contributed by atoms with Gasteiger partial charge in [0.05, 0.1) is 0 Å². The molecule has 0 radical (unpaired) electrons. The third-order valence-electron chi connectivity index (χ3n) is 5.78. The van der Waals surface area contributed by atoms with Gasteiger partial charge < -0.3 is 15.5 Å². The second-order valence-electron chi connectivity index (χ2n) is 7.68. The highest BCUT2D eigenvalue weighted by Crippen LogP contribution is 2.39. The SMILES string of the molecule is Cc1ccccc1NC(=O)Nc1ccc(CN2C(=O)NC(=O)C23CCCC3)cc1. The van der Waals surface area contributed by atoms with E-state index in [2.05, 4.69) is 16.0 Å². The summed E-state index contributed by atoms with van der Waals surface area (Å²) in [5.74, 6) is -0.175. The van der Waals surface area contributed by atoms with E-state index in [-0.39, 0.29) is 18.0 Å². The molecule has 5 amide bonds. The molecule has 2 aromatic rings. The molecule has 29 heavy (non-hydrogen) atoms. The van der Waals surface area contributed by atoms with Gasteiger partial charge in [-0.25, -0.2) is 9.59 Å². The Bertz CT molecular complexity index is 949. The molecule has 2 aromatic carbocycles. The number of aryl methyl sites for hydroxylation is 1. The summed E-state index contributed by atoms with van der Waals surface area (Å²) in [6.07, 6.45) is 3.33. The molecule has 1 saturated heterocycles. The summed E-state index contributed by atoms with van der Waals surface area (Å²) in [5.41, 5.74) is 2.61. The maximum absolute atomic E-state index is 12.3. The van der Waals surface area contributed by atoms with Crippen molar-refractivity contribution in [2.45, 2.75) is 44.7 Å². The van der Waals surface area contributed by atoms with Crippen LogP contribution >= 0.6 is 0 Å². The Morgan fingerprint density at radius 2 is 1.72 bits per heavy atom. The van der Waals surface area contributed by atoms with E-state index in [0.717, 1.165) is 29.7 Å². The molecule has 2 fully saturated rings. The maximum Gasteiger partial charge on any atom is 0.325 e. The van der Waals surface area contributed by atoms with Crippen molar-refractivity contribution in [1.82, 2.24) is 10.2 Å². The lowest BCUT2D eigenvalue weighted by atomic mass is 9.95. The molecule has 1 aliphatic heterocycles. The Balaban J connectivity index is 1.40. The minimum absolute atomic E-state index is 0.175. The lowest BCUT2D eigenvalue weighted by molar-refractivity contribution is -0.126. The van der Waals surface area contributed by atoms with Gasteiger partial charge >= 0.3 is 12.1 Å². The summed E-state index contributed by atoms with van der Waals surface area (Å²) in [6, 6.07) is 14.2. The van der Waals surface area contributed by atoms with Crippen molar-refractivity contribution in [1.29, 1.82) is 0 Å². The van der Waals surface area contributed by atoms with Crippen molar-refractivity contribution in [3.8, 4) is 0 Å². The molecule has 150 valence electrons. The van der Waals surface area contributed by atoms with Crippen LogP contribution in [0.25, 0.3) is 0 Å². The van der Waals surface area contributed by atoms with Crippen LogP contribution < -0.4 is 16.0 Å². The second-order valence-corrected chi connectivity index (χ2v) is 7.68. The van der Waals surface area contributed by atoms with Crippen molar-refractivity contribution in [3.63, 3.8) is 0 Å². The fraction of sp³-hybridized carbons (Fsp3) is 0.318. The van der Waals surface area contributed by atoms with Crippen LogP contribution in [0.15, 0.2) is 48.5 Å². The molecule has 1 heterocycles. The fourth-order valence-corrected chi connectivity index (χ4v) is 4.15. The first-order valence-corrected chi connectivity index (χ1v) is 9.84. The molecule has 7 nitrogen and oxygen atoms in total. The van der Waals surface area contributed by atoms with Gasteiger partial charge in [-0.1, -0.05) is 43.2 Å². The Morgan fingerprint density at radius 3 is 2.41 bits per heavy atom. The zero-order chi connectivity index (χ0) is 20.4. The zero-order valence-corrected chi connectivity index (χ0v) is 16.3. The number of para-hydroxylation sites is 1. The number of nitrogens with zero attached hydrogens (tertiary/aromatic N) is 1. The molecule has 1 spiro atoms. The highest BCUT2D eigenvalue weighted by Gasteiger charge is 2.53. The zero-order valence-electron chi connectivity index (χ0n) is 16.3. The smallest absolute Gasteiger partial charge is 0.308 e. The van der Waals surface area contributed by atoms with Crippen LogP contribution in [0.2, 0.25) is 0 Å². The summed E-state index contributed by atoms with van der Waals surface area (Å²) in [4.78, 5) is 38.5. The van der Waals surface area contributed by atoms with Crippen LogP contribution in [0.4, 0.5) is 21.0 Å². The number of imide groups is 1. The predicted molar refractivity (Wildman–Crippen MR) is 111 cm³/mol. The number of hydrogen-bond donors (Lipinski definition) is 3. The first kappa shape index (κ1) is 19.0.